The Labute approximate surface area is 142 Å². The zero-order valence-corrected chi connectivity index (χ0v) is 14.8. The molecular weight excluding hydrogens is 326 g/mol. The van der Waals surface area contributed by atoms with Gasteiger partial charge in [-0.15, -0.1) is 0 Å². The molecule has 0 heterocycles. The molecule has 0 aliphatic heterocycles. The van der Waals surface area contributed by atoms with Crippen LogP contribution in [0.3, 0.4) is 0 Å². The second-order valence-electron chi connectivity index (χ2n) is 5.83. The van der Waals surface area contributed by atoms with Gasteiger partial charge in [0.1, 0.15) is 5.75 Å². The predicted octanol–water partition coefficient (Wildman–Crippen LogP) is 3.23. The number of carbonyl (C=O) groups excluding carboxylic acids is 1. The molecule has 0 saturated carbocycles. The summed E-state index contributed by atoms with van der Waals surface area (Å²) in [6, 6.07) is 13.7. The van der Waals surface area contributed by atoms with E-state index in [4.69, 9.17) is 4.74 Å². The molecule has 6 heteroatoms. The number of hydrogen-bond acceptors (Lipinski definition) is 4. The van der Waals surface area contributed by atoms with E-state index in [0.717, 1.165) is 11.8 Å². The van der Waals surface area contributed by atoms with E-state index in [2.05, 4.69) is 19.2 Å². The fraction of sp³-hybridized carbons (Fsp3) is 0.278. The highest BCUT2D eigenvalue weighted by Gasteiger charge is 2.11. The topological polar surface area (TPSA) is 72.5 Å². The van der Waals surface area contributed by atoms with Gasteiger partial charge in [-0.3, -0.25) is 4.79 Å². The van der Waals surface area contributed by atoms with Crippen LogP contribution in [-0.4, -0.2) is 27.2 Å². The van der Waals surface area contributed by atoms with Crippen molar-refractivity contribution >= 4 is 21.4 Å². The zero-order valence-electron chi connectivity index (χ0n) is 13.9. The zero-order chi connectivity index (χ0) is 17.7. The molecule has 0 bridgehead atoms. The number of hydrogen-bond donors (Lipinski definition) is 1. The highest BCUT2D eigenvalue weighted by atomic mass is 32.2. The van der Waals surface area contributed by atoms with Crippen molar-refractivity contribution in [3.8, 4) is 5.75 Å². The summed E-state index contributed by atoms with van der Waals surface area (Å²) in [6.07, 6.45) is 1.12. The van der Waals surface area contributed by atoms with Crippen LogP contribution in [0.5, 0.6) is 5.75 Å². The van der Waals surface area contributed by atoms with Crippen LogP contribution in [-0.2, 0) is 14.6 Å². The van der Waals surface area contributed by atoms with Crippen LogP contribution in [0.1, 0.15) is 25.3 Å². The number of rotatable bonds is 6. The SMILES string of the molecule is CC(C)c1ccccc1OCC(=O)Nc1cccc(S(C)(=O)=O)c1. The van der Waals surface area contributed by atoms with Gasteiger partial charge in [0.05, 0.1) is 4.90 Å². The molecule has 0 aromatic heterocycles. The first-order valence-corrected chi connectivity index (χ1v) is 9.48. The van der Waals surface area contributed by atoms with Crippen molar-refractivity contribution in [2.24, 2.45) is 0 Å². The Balaban J connectivity index is 2.02. The second kappa shape index (κ2) is 7.49. The molecule has 1 N–H and O–H groups in total. The summed E-state index contributed by atoms with van der Waals surface area (Å²) in [5.74, 6) is 0.613. The van der Waals surface area contributed by atoms with Crippen molar-refractivity contribution in [1.29, 1.82) is 0 Å². The first-order chi connectivity index (χ1) is 11.3. The highest BCUT2D eigenvalue weighted by molar-refractivity contribution is 7.90. The number of sulfone groups is 1. The van der Waals surface area contributed by atoms with Crippen LogP contribution >= 0.6 is 0 Å². The molecular formula is C18H21NO4S. The van der Waals surface area contributed by atoms with E-state index in [-0.39, 0.29) is 23.3 Å². The molecule has 0 saturated heterocycles. The van der Waals surface area contributed by atoms with Crippen molar-refractivity contribution < 1.29 is 17.9 Å². The molecule has 0 spiro atoms. The van der Waals surface area contributed by atoms with E-state index < -0.39 is 9.84 Å². The highest BCUT2D eigenvalue weighted by Crippen LogP contribution is 2.25. The average Bonchev–Trinajstić information content (AvgIpc) is 2.52. The van der Waals surface area contributed by atoms with Crippen LogP contribution in [0.25, 0.3) is 0 Å². The second-order valence-corrected chi connectivity index (χ2v) is 7.85. The molecule has 0 unspecified atom stereocenters. The van der Waals surface area contributed by atoms with Crippen LogP contribution in [0.2, 0.25) is 0 Å². The summed E-state index contributed by atoms with van der Waals surface area (Å²) in [5.41, 5.74) is 1.45. The van der Waals surface area contributed by atoms with E-state index in [1.165, 1.54) is 12.1 Å². The molecule has 0 fully saturated rings. The first kappa shape index (κ1) is 18.0. The fourth-order valence-corrected chi connectivity index (χ4v) is 2.90. The Morgan fingerprint density at radius 2 is 1.83 bits per heavy atom. The average molecular weight is 347 g/mol. The molecule has 24 heavy (non-hydrogen) atoms. The first-order valence-electron chi connectivity index (χ1n) is 7.59. The van der Waals surface area contributed by atoms with Crippen LogP contribution < -0.4 is 10.1 Å². The number of amides is 1. The fourth-order valence-electron chi connectivity index (χ4n) is 2.23. The van der Waals surface area contributed by atoms with Gasteiger partial charge in [-0.05, 0) is 35.7 Å². The maximum atomic E-state index is 12.0. The van der Waals surface area contributed by atoms with Gasteiger partial charge in [0.25, 0.3) is 5.91 Å². The maximum Gasteiger partial charge on any atom is 0.262 e. The summed E-state index contributed by atoms with van der Waals surface area (Å²) >= 11 is 0. The number of anilines is 1. The Bertz CT molecular complexity index is 828. The molecule has 2 rings (SSSR count). The number of para-hydroxylation sites is 1. The largest absolute Gasteiger partial charge is 0.483 e. The molecule has 1 amide bonds. The number of nitrogens with one attached hydrogen (secondary N) is 1. The minimum absolute atomic E-state index is 0.146. The van der Waals surface area contributed by atoms with Gasteiger partial charge >= 0.3 is 0 Å². The molecule has 2 aromatic carbocycles. The lowest BCUT2D eigenvalue weighted by Crippen LogP contribution is -2.20. The number of ether oxygens (including phenoxy) is 1. The van der Waals surface area contributed by atoms with E-state index in [1.807, 2.05) is 24.3 Å². The standard InChI is InChI=1S/C18H21NO4S/c1-13(2)16-9-4-5-10-17(16)23-12-18(20)19-14-7-6-8-15(11-14)24(3,21)22/h4-11,13H,12H2,1-3H3,(H,19,20). The lowest BCUT2D eigenvalue weighted by Gasteiger charge is -2.13. The van der Waals surface area contributed by atoms with Crippen LogP contribution in [0.15, 0.2) is 53.4 Å². The van der Waals surface area contributed by atoms with Crippen molar-refractivity contribution in [3.05, 3.63) is 54.1 Å². The summed E-state index contributed by atoms with van der Waals surface area (Å²) < 4.78 is 28.7. The van der Waals surface area contributed by atoms with Crippen molar-refractivity contribution in [2.75, 3.05) is 18.2 Å². The van der Waals surface area contributed by atoms with Gasteiger partial charge in [-0.25, -0.2) is 8.42 Å². The molecule has 0 aliphatic carbocycles. The minimum Gasteiger partial charge on any atom is -0.483 e. The van der Waals surface area contributed by atoms with Gasteiger partial charge in [0.2, 0.25) is 0 Å². The molecule has 128 valence electrons. The van der Waals surface area contributed by atoms with E-state index >= 15 is 0 Å². The molecule has 2 aromatic rings. The van der Waals surface area contributed by atoms with Crippen molar-refractivity contribution in [2.45, 2.75) is 24.7 Å². The van der Waals surface area contributed by atoms with Gasteiger partial charge in [0.15, 0.2) is 16.4 Å². The predicted molar refractivity (Wildman–Crippen MR) is 94.2 cm³/mol. The van der Waals surface area contributed by atoms with Crippen LogP contribution in [0.4, 0.5) is 5.69 Å². The summed E-state index contributed by atoms with van der Waals surface area (Å²) in [7, 11) is -3.31. The summed E-state index contributed by atoms with van der Waals surface area (Å²) in [6.45, 7) is 3.96. The quantitative estimate of drug-likeness (QED) is 0.871. The monoisotopic (exact) mass is 347 g/mol. The van der Waals surface area contributed by atoms with Gasteiger partial charge < -0.3 is 10.1 Å². The lowest BCUT2D eigenvalue weighted by atomic mass is 10.0. The number of carbonyl (C=O) groups is 1. The number of benzene rings is 2. The third kappa shape index (κ3) is 4.83. The molecule has 5 nitrogen and oxygen atoms in total. The normalized spacial score (nSPS) is 11.3. The van der Waals surface area contributed by atoms with Gasteiger partial charge in [-0.1, -0.05) is 38.1 Å². The Kier molecular flexibility index (Phi) is 5.62. The van der Waals surface area contributed by atoms with E-state index in [0.29, 0.717) is 11.4 Å². The summed E-state index contributed by atoms with van der Waals surface area (Å²) in [5, 5.41) is 2.64. The molecule has 0 atom stereocenters. The lowest BCUT2D eigenvalue weighted by molar-refractivity contribution is -0.118. The van der Waals surface area contributed by atoms with E-state index in [1.54, 1.807) is 12.1 Å². The molecule has 0 radical (unpaired) electrons. The van der Waals surface area contributed by atoms with Crippen LogP contribution in [0, 0.1) is 0 Å². The minimum atomic E-state index is -3.31. The Hall–Kier alpha value is -2.34. The third-order valence-electron chi connectivity index (χ3n) is 3.45. The van der Waals surface area contributed by atoms with Crippen molar-refractivity contribution in [3.63, 3.8) is 0 Å². The van der Waals surface area contributed by atoms with E-state index in [9.17, 15) is 13.2 Å². The molecule has 0 aliphatic rings. The van der Waals surface area contributed by atoms with Gasteiger partial charge in [0, 0.05) is 11.9 Å². The summed E-state index contributed by atoms with van der Waals surface area (Å²) in [4.78, 5) is 12.2. The van der Waals surface area contributed by atoms with Gasteiger partial charge in [-0.2, -0.15) is 0 Å². The Morgan fingerprint density at radius 3 is 2.50 bits per heavy atom. The smallest absolute Gasteiger partial charge is 0.262 e. The third-order valence-corrected chi connectivity index (χ3v) is 4.56. The maximum absolute atomic E-state index is 12.0. The Morgan fingerprint density at radius 1 is 1.12 bits per heavy atom. The van der Waals surface area contributed by atoms with Crippen molar-refractivity contribution in [1.82, 2.24) is 0 Å².